The highest BCUT2D eigenvalue weighted by Gasteiger charge is 2.23. The van der Waals surface area contributed by atoms with Gasteiger partial charge in [0.15, 0.2) is 0 Å². The predicted molar refractivity (Wildman–Crippen MR) is 63.9 cm³/mol. The molecule has 17 heavy (non-hydrogen) atoms. The number of aromatic nitrogens is 3. The second-order valence-electron chi connectivity index (χ2n) is 4.72. The van der Waals surface area contributed by atoms with E-state index in [4.69, 9.17) is 10.5 Å². The molecule has 1 aromatic rings. The van der Waals surface area contributed by atoms with Crippen LogP contribution in [0.2, 0.25) is 0 Å². The van der Waals surface area contributed by atoms with E-state index in [2.05, 4.69) is 19.9 Å². The van der Waals surface area contributed by atoms with Crippen LogP contribution in [0.25, 0.3) is 0 Å². The van der Waals surface area contributed by atoms with E-state index < -0.39 is 0 Å². The van der Waals surface area contributed by atoms with Crippen LogP contribution in [0.15, 0.2) is 0 Å². The van der Waals surface area contributed by atoms with Crippen molar-refractivity contribution in [3.8, 4) is 6.01 Å². The monoisotopic (exact) mass is 235 g/mol. The Hall–Kier alpha value is -1.59. The largest absolute Gasteiger partial charge is 0.463 e. The molecular formula is C11H17N5O. The number of anilines is 2. The van der Waals surface area contributed by atoms with E-state index in [9.17, 15) is 0 Å². The van der Waals surface area contributed by atoms with E-state index in [-0.39, 0.29) is 5.95 Å². The van der Waals surface area contributed by atoms with Crippen molar-refractivity contribution in [2.24, 2.45) is 5.92 Å². The highest BCUT2D eigenvalue weighted by molar-refractivity contribution is 5.36. The first-order valence-electron chi connectivity index (χ1n) is 6.20. The summed E-state index contributed by atoms with van der Waals surface area (Å²) in [5.41, 5.74) is 5.68. The molecule has 0 bridgehead atoms. The van der Waals surface area contributed by atoms with Gasteiger partial charge < -0.3 is 15.4 Å². The maximum atomic E-state index is 5.68. The van der Waals surface area contributed by atoms with E-state index in [1.807, 2.05) is 0 Å². The Morgan fingerprint density at radius 3 is 2.65 bits per heavy atom. The van der Waals surface area contributed by atoms with E-state index in [0.717, 1.165) is 13.1 Å². The van der Waals surface area contributed by atoms with Crippen LogP contribution in [-0.4, -0.2) is 34.6 Å². The molecule has 0 radical (unpaired) electrons. The summed E-state index contributed by atoms with van der Waals surface area (Å²) in [6, 6.07) is 0.367. The topological polar surface area (TPSA) is 77.2 Å². The van der Waals surface area contributed by atoms with Crippen LogP contribution in [0.4, 0.5) is 11.9 Å². The van der Waals surface area contributed by atoms with Gasteiger partial charge in [-0.2, -0.15) is 15.0 Å². The third-order valence-electron chi connectivity index (χ3n) is 3.15. The molecule has 0 aromatic carbocycles. The minimum Gasteiger partial charge on any atom is -0.463 e. The molecule has 2 fully saturated rings. The van der Waals surface area contributed by atoms with E-state index in [1.165, 1.54) is 25.7 Å². The Balaban J connectivity index is 1.73. The summed E-state index contributed by atoms with van der Waals surface area (Å²) in [6.07, 6.45) is 4.87. The highest BCUT2D eigenvalue weighted by Crippen LogP contribution is 2.29. The molecule has 1 saturated heterocycles. The molecule has 6 nitrogen and oxygen atoms in total. The van der Waals surface area contributed by atoms with E-state index in [0.29, 0.717) is 24.5 Å². The van der Waals surface area contributed by atoms with Crippen LogP contribution >= 0.6 is 0 Å². The summed E-state index contributed by atoms with van der Waals surface area (Å²) >= 11 is 0. The quantitative estimate of drug-likeness (QED) is 0.833. The molecular weight excluding hydrogens is 218 g/mol. The second kappa shape index (κ2) is 4.35. The first-order chi connectivity index (χ1) is 8.31. The van der Waals surface area contributed by atoms with Gasteiger partial charge in [-0.05, 0) is 31.6 Å². The first-order valence-corrected chi connectivity index (χ1v) is 6.20. The van der Waals surface area contributed by atoms with Crippen LogP contribution in [0.1, 0.15) is 25.7 Å². The fourth-order valence-electron chi connectivity index (χ4n) is 1.96. The molecule has 92 valence electrons. The van der Waals surface area contributed by atoms with Crippen molar-refractivity contribution < 1.29 is 4.74 Å². The molecule has 2 aliphatic rings. The number of hydrogen-bond acceptors (Lipinski definition) is 6. The highest BCUT2D eigenvalue weighted by atomic mass is 16.5. The van der Waals surface area contributed by atoms with Gasteiger partial charge >= 0.3 is 6.01 Å². The first kappa shape index (κ1) is 10.6. The van der Waals surface area contributed by atoms with E-state index >= 15 is 0 Å². The van der Waals surface area contributed by atoms with Crippen LogP contribution in [0.3, 0.4) is 0 Å². The van der Waals surface area contributed by atoms with Gasteiger partial charge in [0.1, 0.15) is 0 Å². The Morgan fingerprint density at radius 2 is 1.94 bits per heavy atom. The van der Waals surface area contributed by atoms with Crippen LogP contribution in [-0.2, 0) is 0 Å². The molecule has 2 heterocycles. The minimum absolute atomic E-state index is 0.243. The van der Waals surface area contributed by atoms with Gasteiger partial charge in [-0.25, -0.2) is 0 Å². The van der Waals surface area contributed by atoms with Crippen LogP contribution < -0.4 is 15.4 Å². The number of nitrogens with two attached hydrogens (primary N) is 1. The van der Waals surface area contributed by atoms with Gasteiger partial charge in [0.05, 0.1) is 6.61 Å². The SMILES string of the molecule is Nc1nc(OCC2CC2)nc(N2CCCC2)n1. The van der Waals surface area contributed by atoms with Gasteiger partial charge in [0.2, 0.25) is 11.9 Å². The molecule has 1 aromatic heterocycles. The third kappa shape index (κ3) is 2.57. The fraction of sp³-hybridized carbons (Fsp3) is 0.727. The van der Waals surface area contributed by atoms with Crippen molar-refractivity contribution in [2.75, 3.05) is 30.3 Å². The lowest BCUT2D eigenvalue weighted by molar-refractivity contribution is 0.276. The van der Waals surface area contributed by atoms with Gasteiger partial charge in [0, 0.05) is 13.1 Å². The summed E-state index contributed by atoms with van der Waals surface area (Å²) in [4.78, 5) is 14.6. The fourth-order valence-corrected chi connectivity index (χ4v) is 1.96. The van der Waals surface area contributed by atoms with Gasteiger partial charge in [-0.1, -0.05) is 0 Å². The molecule has 3 rings (SSSR count). The standard InChI is InChI=1S/C11H17N5O/c12-9-13-10(16-5-1-2-6-16)15-11(14-9)17-7-8-3-4-8/h8H,1-7H2,(H2,12,13,14,15). The summed E-state index contributed by atoms with van der Waals surface area (Å²) in [7, 11) is 0. The number of nitrogens with zero attached hydrogens (tertiary/aromatic N) is 4. The average Bonchev–Trinajstić information content (AvgIpc) is 2.98. The molecule has 0 amide bonds. The van der Waals surface area contributed by atoms with Crippen molar-refractivity contribution in [3.63, 3.8) is 0 Å². The lowest BCUT2D eigenvalue weighted by Crippen LogP contribution is -2.22. The number of rotatable bonds is 4. The Bertz CT molecular complexity index is 401. The zero-order valence-corrected chi connectivity index (χ0v) is 9.80. The molecule has 0 spiro atoms. The van der Waals surface area contributed by atoms with E-state index in [1.54, 1.807) is 0 Å². The minimum atomic E-state index is 0.243. The zero-order chi connectivity index (χ0) is 11.7. The molecule has 6 heteroatoms. The van der Waals surface area contributed by atoms with Crippen molar-refractivity contribution in [3.05, 3.63) is 0 Å². The maximum Gasteiger partial charge on any atom is 0.323 e. The van der Waals surface area contributed by atoms with Crippen molar-refractivity contribution in [2.45, 2.75) is 25.7 Å². The lowest BCUT2D eigenvalue weighted by Gasteiger charge is -2.15. The lowest BCUT2D eigenvalue weighted by atomic mass is 10.4. The molecule has 0 atom stereocenters. The summed E-state index contributed by atoms with van der Waals surface area (Å²) in [5.74, 6) is 1.58. The van der Waals surface area contributed by atoms with Gasteiger partial charge in [0.25, 0.3) is 0 Å². The summed E-state index contributed by atoms with van der Waals surface area (Å²) < 4.78 is 5.54. The van der Waals surface area contributed by atoms with Gasteiger partial charge in [-0.15, -0.1) is 0 Å². The molecule has 1 saturated carbocycles. The number of nitrogen functional groups attached to an aromatic ring is 1. The molecule has 0 unspecified atom stereocenters. The molecule has 2 N–H and O–H groups in total. The van der Waals surface area contributed by atoms with Crippen LogP contribution in [0, 0.1) is 5.92 Å². The maximum absolute atomic E-state index is 5.68. The zero-order valence-electron chi connectivity index (χ0n) is 9.80. The third-order valence-corrected chi connectivity index (χ3v) is 3.15. The molecule has 1 aliphatic carbocycles. The Morgan fingerprint density at radius 1 is 1.18 bits per heavy atom. The predicted octanol–water partition coefficient (Wildman–Crippen LogP) is 0.843. The van der Waals surface area contributed by atoms with Gasteiger partial charge in [-0.3, -0.25) is 0 Å². The number of hydrogen-bond donors (Lipinski definition) is 1. The second-order valence-corrected chi connectivity index (χ2v) is 4.72. The molecule has 1 aliphatic heterocycles. The summed E-state index contributed by atoms with van der Waals surface area (Å²) in [6.45, 7) is 2.68. The normalized spacial score (nSPS) is 19.6. The van der Waals surface area contributed by atoms with Crippen molar-refractivity contribution in [1.82, 2.24) is 15.0 Å². The van der Waals surface area contributed by atoms with Crippen molar-refractivity contribution in [1.29, 1.82) is 0 Å². The Kier molecular flexibility index (Phi) is 2.70. The van der Waals surface area contributed by atoms with Crippen LogP contribution in [0.5, 0.6) is 6.01 Å². The van der Waals surface area contributed by atoms with Crippen molar-refractivity contribution >= 4 is 11.9 Å². The Labute approximate surface area is 100 Å². The smallest absolute Gasteiger partial charge is 0.323 e. The summed E-state index contributed by atoms with van der Waals surface area (Å²) in [5, 5.41) is 0. The number of ether oxygens (including phenoxy) is 1. The average molecular weight is 235 g/mol.